The minimum Gasteiger partial charge on any atom is -0.493 e. The number of benzene rings is 2. The zero-order valence-electron chi connectivity index (χ0n) is 15.4. The van der Waals surface area contributed by atoms with E-state index in [9.17, 15) is 4.79 Å². The third-order valence-corrected chi connectivity index (χ3v) is 5.95. The normalized spacial score (nSPS) is 17.8. The van der Waals surface area contributed by atoms with Gasteiger partial charge in [0.2, 0.25) is 5.91 Å². The molecule has 1 aliphatic carbocycles. The number of hydrogen-bond donors (Lipinski definition) is 1. The summed E-state index contributed by atoms with van der Waals surface area (Å²) in [5.41, 5.74) is 2.71. The first-order chi connectivity index (χ1) is 13.6. The topological polar surface area (TPSA) is 60.5 Å². The van der Waals surface area contributed by atoms with Crippen LogP contribution in [0.15, 0.2) is 47.8 Å². The SMILES string of the molecule is COc1ccc(-c2csc(NC(=O)C3CC3c3ccccc3Cl)n2)cc1OC. The monoisotopic (exact) mass is 414 g/mol. The summed E-state index contributed by atoms with van der Waals surface area (Å²) in [6.07, 6.45) is 0.809. The van der Waals surface area contributed by atoms with Gasteiger partial charge in [-0.3, -0.25) is 4.79 Å². The molecule has 1 saturated carbocycles. The molecule has 0 bridgehead atoms. The van der Waals surface area contributed by atoms with Gasteiger partial charge in [0.15, 0.2) is 16.6 Å². The molecule has 28 heavy (non-hydrogen) atoms. The molecule has 2 atom stereocenters. The molecule has 1 aliphatic rings. The summed E-state index contributed by atoms with van der Waals surface area (Å²) in [5, 5.41) is 6.14. The third kappa shape index (κ3) is 3.70. The number of anilines is 1. The molecule has 3 aromatic rings. The smallest absolute Gasteiger partial charge is 0.229 e. The van der Waals surface area contributed by atoms with Gasteiger partial charge < -0.3 is 14.8 Å². The number of ether oxygens (including phenoxy) is 2. The summed E-state index contributed by atoms with van der Waals surface area (Å²) in [4.78, 5) is 17.1. The summed E-state index contributed by atoms with van der Waals surface area (Å²) >= 11 is 7.65. The number of aromatic nitrogens is 1. The highest BCUT2D eigenvalue weighted by Gasteiger charge is 2.45. The molecule has 1 amide bonds. The second-order valence-corrected chi connectivity index (χ2v) is 7.83. The van der Waals surface area contributed by atoms with Crippen molar-refractivity contribution >= 4 is 34.0 Å². The van der Waals surface area contributed by atoms with Crippen LogP contribution in [0, 0.1) is 5.92 Å². The Morgan fingerprint density at radius 3 is 2.71 bits per heavy atom. The van der Waals surface area contributed by atoms with Crippen LogP contribution in [0.3, 0.4) is 0 Å². The van der Waals surface area contributed by atoms with Crippen molar-refractivity contribution in [3.63, 3.8) is 0 Å². The molecule has 2 unspecified atom stereocenters. The number of hydrogen-bond acceptors (Lipinski definition) is 5. The Morgan fingerprint density at radius 1 is 1.18 bits per heavy atom. The van der Waals surface area contributed by atoms with E-state index in [2.05, 4.69) is 10.3 Å². The number of thiazole rings is 1. The first-order valence-electron chi connectivity index (χ1n) is 8.84. The second kappa shape index (κ2) is 7.81. The highest BCUT2D eigenvalue weighted by Crippen LogP contribution is 2.50. The zero-order chi connectivity index (χ0) is 19.7. The van der Waals surface area contributed by atoms with E-state index in [0.717, 1.165) is 23.2 Å². The van der Waals surface area contributed by atoms with Crippen LogP contribution in [0.1, 0.15) is 17.9 Å². The number of nitrogens with one attached hydrogen (secondary N) is 1. The van der Waals surface area contributed by atoms with Crippen LogP contribution >= 0.6 is 22.9 Å². The van der Waals surface area contributed by atoms with Crippen LogP contribution in [0.2, 0.25) is 5.02 Å². The maximum absolute atomic E-state index is 12.6. The van der Waals surface area contributed by atoms with Gasteiger partial charge in [-0.25, -0.2) is 4.98 Å². The molecule has 1 aromatic heterocycles. The van der Waals surface area contributed by atoms with E-state index >= 15 is 0 Å². The minimum atomic E-state index is -0.0617. The van der Waals surface area contributed by atoms with Crippen molar-refractivity contribution in [2.75, 3.05) is 19.5 Å². The van der Waals surface area contributed by atoms with Gasteiger partial charge in [-0.2, -0.15) is 0 Å². The van der Waals surface area contributed by atoms with Crippen LogP contribution < -0.4 is 14.8 Å². The molecular weight excluding hydrogens is 396 g/mol. The van der Waals surface area contributed by atoms with Gasteiger partial charge in [-0.15, -0.1) is 11.3 Å². The molecule has 2 aromatic carbocycles. The Balaban J connectivity index is 1.44. The van der Waals surface area contributed by atoms with Crippen LogP contribution in [0.5, 0.6) is 11.5 Å². The Kier molecular flexibility index (Phi) is 5.24. The highest BCUT2D eigenvalue weighted by atomic mass is 35.5. The number of methoxy groups -OCH3 is 2. The average molecular weight is 415 g/mol. The Bertz CT molecular complexity index is 1020. The van der Waals surface area contributed by atoms with Crippen molar-refractivity contribution in [3.05, 3.63) is 58.4 Å². The second-order valence-electron chi connectivity index (χ2n) is 6.57. The van der Waals surface area contributed by atoms with E-state index in [1.807, 2.05) is 47.8 Å². The number of halogens is 1. The lowest BCUT2D eigenvalue weighted by Crippen LogP contribution is -2.14. The lowest BCUT2D eigenvalue weighted by Gasteiger charge is -2.08. The molecule has 1 fully saturated rings. The fraction of sp³-hybridized carbons (Fsp3) is 0.238. The fourth-order valence-corrected chi connectivity index (χ4v) is 4.26. The highest BCUT2D eigenvalue weighted by molar-refractivity contribution is 7.14. The predicted molar refractivity (Wildman–Crippen MR) is 112 cm³/mol. The average Bonchev–Trinajstić information content (AvgIpc) is 3.38. The van der Waals surface area contributed by atoms with Crippen molar-refractivity contribution in [1.29, 1.82) is 0 Å². The van der Waals surface area contributed by atoms with E-state index < -0.39 is 0 Å². The van der Waals surface area contributed by atoms with Gasteiger partial charge in [0, 0.05) is 21.9 Å². The largest absolute Gasteiger partial charge is 0.493 e. The quantitative estimate of drug-likeness (QED) is 0.600. The molecule has 4 rings (SSSR count). The summed E-state index contributed by atoms with van der Waals surface area (Å²) in [5.74, 6) is 1.40. The van der Waals surface area contributed by atoms with Gasteiger partial charge in [-0.05, 0) is 42.2 Å². The van der Waals surface area contributed by atoms with Crippen molar-refractivity contribution < 1.29 is 14.3 Å². The standard InChI is InChI=1S/C21H19ClN2O3S/c1-26-18-8-7-12(9-19(18)27-2)17-11-28-21(23-17)24-20(25)15-10-14(15)13-5-3-4-6-16(13)22/h3-9,11,14-15H,10H2,1-2H3,(H,23,24,25). The van der Waals surface area contributed by atoms with Crippen molar-refractivity contribution in [3.8, 4) is 22.8 Å². The first kappa shape index (κ1) is 18.8. The molecule has 0 radical (unpaired) electrons. The molecule has 0 aliphatic heterocycles. The Hall–Kier alpha value is -2.57. The van der Waals surface area contributed by atoms with E-state index in [4.69, 9.17) is 21.1 Å². The molecule has 5 nitrogen and oxygen atoms in total. The van der Waals surface area contributed by atoms with Gasteiger partial charge >= 0.3 is 0 Å². The van der Waals surface area contributed by atoms with E-state index in [1.165, 1.54) is 11.3 Å². The Labute approximate surface area is 172 Å². The lowest BCUT2D eigenvalue weighted by atomic mass is 10.1. The van der Waals surface area contributed by atoms with Gasteiger partial charge in [0.05, 0.1) is 19.9 Å². The summed E-state index contributed by atoms with van der Waals surface area (Å²) in [7, 11) is 3.20. The molecule has 1 N–H and O–H groups in total. The summed E-state index contributed by atoms with van der Waals surface area (Å²) in [6, 6.07) is 13.3. The molecule has 1 heterocycles. The molecule has 144 valence electrons. The van der Waals surface area contributed by atoms with Crippen LogP contribution in [0.25, 0.3) is 11.3 Å². The number of carbonyl (C=O) groups is 1. The van der Waals surface area contributed by atoms with Crippen molar-refractivity contribution in [1.82, 2.24) is 4.98 Å². The van der Waals surface area contributed by atoms with Crippen LogP contribution in [-0.4, -0.2) is 25.1 Å². The van der Waals surface area contributed by atoms with E-state index in [1.54, 1.807) is 14.2 Å². The van der Waals surface area contributed by atoms with Crippen molar-refractivity contribution in [2.24, 2.45) is 5.92 Å². The molecule has 7 heteroatoms. The predicted octanol–water partition coefficient (Wildman–Crippen LogP) is 5.22. The van der Waals surface area contributed by atoms with E-state index in [0.29, 0.717) is 21.7 Å². The van der Waals surface area contributed by atoms with Crippen LogP contribution in [0.4, 0.5) is 5.13 Å². The lowest BCUT2D eigenvalue weighted by molar-refractivity contribution is -0.117. The number of carbonyl (C=O) groups excluding carboxylic acids is 1. The number of rotatable bonds is 6. The maximum Gasteiger partial charge on any atom is 0.229 e. The molecule has 0 saturated heterocycles. The molecular formula is C21H19ClN2O3S. The Morgan fingerprint density at radius 2 is 1.96 bits per heavy atom. The van der Waals surface area contributed by atoms with Gasteiger partial charge in [0.25, 0.3) is 0 Å². The van der Waals surface area contributed by atoms with Crippen LogP contribution in [-0.2, 0) is 4.79 Å². The van der Waals surface area contributed by atoms with E-state index in [-0.39, 0.29) is 17.7 Å². The number of nitrogens with zero attached hydrogens (tertiary/aromatic N) is 1. The minimum absolute atomic E-state index is 0.0156. The molecule has 0 spiro atoms. The summed E-state index contributed by atoms with van der Waals surface area (Å²) < 4.78 is 10.6. The number of amides is 1. The zero-order valence-corrected chi connectivity index (χ0v) is 17.0. The van der Waals surface area contributed by atoms with Gasteiger partial charge in [0.1, 0.15) is 0 Å². The van der Waals surface area contributed by atoms with Crippen molar-refractivity contribution in [2.45, 2.75) is 12.3 Å². The maximum atomic E-state index is 12.6. The third-order valence-electron chi connectivity index (χ3n) is 4.85. The fourth-order valence-electron chi connectivity index (χ4n) is 3.26. The summed E-state index contributed by atoms with van der Waals surface area (Å²) in [6.45, 7) is 0. The first-order valence-corrected chi connectivity index (χ1v) is 10.1. The van der Waals surface area contributed by atoms with Gasteiger partial charge in [-0.1, -0.05) is 29.8 Å².